The van der Waals surface area contributed by atoms with Crippen molar-refractivity contribution in [1.82, 2.24) is 9.88 Å². The first-order valence-electron chi connectivity index (χ1n) is 7.62. The summed E-state index contributed by atoms with van der Waals surface area (Å²) in [4.78, 5) is 45.9. The van der Waals surface area contributed by atoms with Crippen LogP contribution in [0.3, 0.4) is 0 Å². The zero-order valence-electron chi connectivity index (χ0n) is 13.8. The van der Waals surface area contributed by atoms with Crippen LogP contribution in [0.15, 0.2) is 23.1 Å². The Morgan fingerprint density at radius 2 is 1.96 bits per heavy atom. The van der Waals surface area contributed by atoms with Gasteiger partial charge >= 0.3 is 5.97 Å². The van der Waals surface area contributed by atoms with Gasteiger partial charge in [-0.3, -0.25) is 24.3 Å². The van der Waals surface area contributed by atoms with Gasteiger partial charge in [-0.1, -0.05) is 27.2 Å². The Morgan fingerprint density at radius 1 is 1.33 bits per heavy atom. The maximum Gasteiger partial charge on any atom is 0.326 e. The van der Waals surface area contributed by atoms with Crippen molar-refractivity contribution in [2.24, 2.45) is 5.92 Å². The quantitative estimate of drug-likeness (QED) is 0.542. The predicted molar refractivity (Wildman–Crippen MR) is 85.7 cm³/mol. The number of carbonyl (C=O) groups is 2. The number of nitrogens with zero attached hydrogens (tertiary/aromatic N) is 2. The summed E-state index contributed by atoms with van der Waals surface area (Å²) < 4.78 is 0.961. The molecule has 0 saturated heterocycles. The highest BCUT2D eigenvalue weighted by atomic mass is 16.6. The van der Waals surface area contributed by atoms with E-state index < -0.39 is 34.4 Å². The van der Waals surface area contributed by atoms with E-state index in [1.165, 1.54) is 0 Å². The van der Waals surface area contributed by atoms with Gasteiger partial charge in [0.15, 0.2) is 0 Å². The van der Waals surface area contributed by atoms with Crippen molar-refractivity contribution in [3.63, 3.8) is 0 Å². The Kier molecular flexibility index (Phi) is 6.63. The molecule has 1 rings (SSSR count). The number of hydrogen-bond acceptors (Lipinski definition) is 5. The van der Waals surface area contributed by atoms with E-state index in [-0.39, 0.29) is 18.0 Å². The van der Waals surface area contributed by atoms with Gasteiger partial charge in [0.1, 0.15) is 12.1 Å². The highest BCUT2D eigenvalue weighted by Crippen LogP contribution is 2.16. The van der Waals surface area contributed by atoms with Crippen molar-refractivity contribution in [3.8, 4) is 0 Å². The zero-order valence-corrected chi connectivity index (χ0v) is 13.8. The molecule has 9 nitrogen and oxygen atoms in total. The molecule has 1 amide bonds. The van der Waals surface area contributed by atoms with Crippen LogP contribution in [0.2, 0.25) is 0 Å². The Balaban J connectivity index is 3.15. The molecular formula is C15H21N3O6. The van der Waals surface area contributed by atoms with Crippen LogP contribution in [0.4, 0.5) is 5.69 Å². The van der Waals surface area contributed by atoms with Crippen molar-refractivity contribution >= 4 is 17.6 Å². The fourth-order valence-electron chi connectivity index (χ4n) is 2.28. The van der Waals surface area contributed by atoms with Crippen molar-refractivity contribution in [3.05, 3.63) is 38.8 Å². The molecule has 3 atom stereocenters. The number of aliphatic carboxylic acids is 1. The summed E-state index contributed by atoms with van der Waals surface area (Å²) in [5.74, 6) is -2.13. The number of nitro groups is 1. The van der Waals surface area contributed by atoms with Crippen molar-refractivity contribution < 1.29 is 19.6 Å². The number of carboxylic acid groups (broad SMARTS) is 1. The lowest BCUT2D eigenvalue weighted by atomic mass is 9.98. The first kappa shape index (κ1) is 19.3. The van der Waals surface area contributed by atoms with Crippen molar-refractivity contribution in [1.29, 1.82) is 0 Å². The van der Waals surface area contributed by atoms with Gasteiger partial charge in [0.25, 0.3) is 11.2 Å². The molecule has 0 bridgehead atoms. The van der Waals surface area contributed by atoms with E-state index in [1.807, 2.05) is 0 Å². The molecular weight excluding hydrogens is 318 g/mol. The SMILES string of the molecule is CCC(C)C(NC(=O)C(CC)n1cc([N+](=O)[O-])ccc1=O)C(=O)O. The topological polar surface area (TPSA) is 132 Å². The Morgan fingerprint density at radius 3 is 2.42 bits per heavy atom. The first-order chi connectivity index (χ1) is 11.2. The smallest absolute Gasteiger partial charge is 0.326 e. The van der Waals surface area contributed by atoms with Gasteiger partial charge in [0, 0.05) is 12.1 Å². The molecule has 0 spiro atoms. The summed E-state index contributed by atoms with van der Waals surface area (Å²) in [7, 11) is 0. The fourth-order valence-corrected chi connectivity index (χ4v) is 2.28. The van der Waals surface area contributed by atoms with E-state index in [2.05, 4.69) is 5.32 Å². The summed E-state index contributed by atoms with van der Waals surface area (Å²) in [6.45, 7) is 5.13. The highest BCUT2D eigenvalue weighted by molar-refractivity contribution is 5.86. The molecule has 1 aromatic rings. The number of amides is 1. The maximum atomic E-state index is 12.4. The van der Waals surface area contributed by atoms with Crippen LogP contribution in [0.25, 0.3) is 0 Å². The molecule has 1 heterocycles. The average Bonchev–Trinajstić information content (AvgIpc) is 2.53. The summed E-state index contributed by atoms with van der Waals surface area (Å²) >= 11 is 0. The van der Waals surface area contributed by atoms with Crippen LogP contribution in [0, 0.1) is 16.0 Å². The lowest BCUT2D eigenvalue weighted by Gasteiger charge is -2.24. The third kappa shape index (κ3) is 4.40. The van der Waals surface area contributed by atoms with Crippen LogP contribution >= 0.6 is 0 Å². The van der Waals surface area contributed by atoms with Crippen LogP contribution in [-0.4, -0.2) is 32.5 Å². The second-order valence-electron chi connectivity index (χ2n) is 5.52. The molecule has 1 aromatic heterocycles. The zero-order chi connectivity index (χ0) is 18.4. The number of aromatic nitrogens is 1. The van der Waals surface area contributed by atoms with Crippen LogP contribution in [0.1, 0.15) is 39.7 Å². The van der Waals surface area contributed by atoms with E-state index in [0.717, 1.165) is 22.9 Å². The third-order valence-corrected chi connectivity index (χ3v) is 3.94. The molecule has 0 aliphatic carbocycles. The summed E-state index contributed by atoms with van der Waals surface area (Å²) in [6.07, 6.45) is 1.72. The minimum Gasteiger partial charge on any atom is -0.480 e. The van der Waals surface area contributed by atoms with Crippen LogP contribution < -0.4 is 10.9 Å². The maximum absolute atomic E-state index is 12.4. The second-order valence-corrected chi connectivity index (χ2v) is 5.52. The summed E-state index contributed by atoms with van der Waals surface area (Å²) in [5.41, 5.74) is -0.893. The lowest BCUT2D eigenvalue weighted by Crippen LogP contribution is -2.48. The van der Waals surface area contributed by atoms with Gasteiger partial charge in [-0.15, -0.1) is 0 Å². The van der Waals surface area contributed by atoms with Gasteiger partial charge in [-0.25, -0.2) is 4.79 Å². The molecule has 132 valence electrons. The molecule has 9 heteroatoms. The van der Waals surface area contributed by atoms with E-state index in [1.54, 1.807) is 20.8 Å². The van der Waals surface area contributed by atoms with Crippen LogP contribution in [0.5, 0.6) is 0 Å². The molecule has 3 unspecified atom stereocenters. The number of rotatable bonds is 8. The molecule has 0 aliphatic heterocycles. The Hall–Kier alpha value is -2.71. The van der Waals surface area contributed by atoms with Gasteiger partial charge < -0.3 is 10.4 Å². The minimum absolute atomic E-state index is 0.180. The number of carbonyl (C=O) groups excluding carboxylic acids is 1. The van der Waals surface area contributed by atoms with E-state index in [0.29, 0.717) is 6.42 Å². The molecule has 0 saturated carbocycles. The van der Waals surface area contributed by atoms with Crippen LogP contribution in [-0.2, 0) is 9.59 Å². The summed E-state index contributed by atoms with van der Waals surface area (Å²) in [5, 5.41) is 22.5. The van der Waals surface area contributed by atoms with Gasteiger partial charge in [-0.2, -0.15) is 0 Å². The molecule has 24 heavy (non-hydrogen) atoms. The Labute approximate surface area is 138 Å². The molecule has 0 fully saturated rings. The van der Waals surface area contributed by atoms with Gasteiger partial charge in [0.2, 0.25) is 5.91 Å². The lowest BCUT2D eigenvalue weighted by molar-refractivity contribution is -0.385. The third-order valence-electron chi connectivity index (χ3n) is 3.94. The van der Waals surface area contributed by atoms with Crippen molar-refractivity contribution in [2.45, 2.75) is 45.7 Å². The van der Waals surface area contributed by atoms with E-state index in [4.69, 9.17) is 0 Å². The highest BCUT2D eigenvalue weighted by Gasteiger charge is 2.29. The largest absolute Gasteiger partial charge is 0.480 e. The molecule has 0 radical (unpaired) electrons. The number of nitrogens with one attached hydrogen (secondary N) is 1. The molecule has 0 aliphatic rings. The average molecular weight is 339 g/mol. The van der Waals surface area contributed by atoms with Gasteiger partial charge in [-0.05, 0) is 12.3 Å². The number of pyridine rings is 1. The van der Waals surface area contributed by atoms with E-state index >= 15 is 0 Å². The van der Waals surface area contributed by atoms with E-state index in [9.17, 15) is 29.6 Å². The molecule has 0 aromatic carbocycles. The Bertz CT molecular complexity index is 684. The normalized spacial score (nSPS) is 14.5. The monoisotopic (exact) mass is 339 g/mol. The number of carboxylic acids is 1. The van der Waals surface area contributed by atoms with Crippen molar-refractivity contribution in [2.75, 3.05) is 0 Å². The first-order valence-corrected chi connectivity index (χ1v) is 7.62. The van der Waals surface area contributed by atoms with Gasteiger partial charge in [0.05, 0.1) is 11.1 Å². The standard InChI is InChI=1S/C15H21N3O6/c1-4-9(3)13(15(21)22)16-14(20)11(5-2)17-8-10(18(23)24)6-7-12(17)19/h6-9,11,13H,4-5H2,1-3H3,(H,16,20)(H,21,22). The number of hydrogen-bond donors (Lipinski definition) is 2. The fraction of sp³-hybridized carbons (Fsp3) is 0.533. The molecule has 2 N–H and O–H groups in total. The minimum atomic E-state index is -1.17. The second kappa shape index (κ2) is 8.23. The summed E-state index contributed by atoms with van der Waals surface area (Å²) in [6, 6.07) is -0.0469. The predicted octanol–water partition coefficient (Wildman–Crippen LogP) is 1.32.